The smallest absolute Gasteiger partial charge is 0.151 e. The van der Waals surface area contributed by atoms with Crippen molar-refractivity contribution in [1.82, 2.24) is 14.5 Å². The summed E-state index contributed by atoms with van der Waals surface area (Å²) in [6.07, 6.45) is 0. The fourth-order valence-electron chi connectivity index (χ4n) is 2.58. The molecule has 0 aliphatic rings. The fourth-order valence-corrected chi connectivity index (χ4v) is 2.83. The van der Waals surface area contributed by atoms with E-state index in [1.54, 1.807) is 23.6 Å². The average molecular weight is 305 g/mol. The van der Waals surface area contributed by atoms with Gasteiger partial charge in [-0.3, -0.25) is 4.57 Å². The number of anilines is 1. The average Bonchev–Trinajstić information content (AvgIpc) is 2.63. The van der Waals surface area contributed by atoms with Crippen LogP contribution < -0.4 is 5.73 Å². The van der Waals surface area contributed by atoms with E-state index in [0.29, 0.717) is 22.3 Å². The van der Waals surface area contributed by atoms with Crippen LogP contribution in [0, 0.1) is 26.6 Å². The Bertz CT molecular complexity index is 850. The third kappa shape index (κ3) is 1.96. The SMILES string of the molecule is Cc1nc(N)c2c(C)c(C)n(-c3c(F)cccc3Cl)c2n1. The summed E-state index contributed by atoms with van der Waals surface area (Å²) >= 11 is 6.19. The van der Waals surface area contributed by atoms with Gasteiger partial charge in [0.25, 0.3) is 0 Å². The van der Waals surface area contributed by atoms with Crippen molar-refractivity contribution in [3.8, 4) is 5.69 Å². The van der Waals surface area contributed by atoms with Gasteiger partial charge in [-0.25, -0.2) is 14.4 Å². The van der Waals surface area contributed by atoms with Gasteiger partial charge in [-0.2, -0.15) is 0 Å². The van der Waals surface area contributed by atoms with E-state index in [0.717, 1.165) is 16.6 Å². The van der Waals surface area contributed by atoms with E-state index in [1.807, 2.05) is 13.8 Å². The zero-order valence-corrected chi connectivity index (χ0v) is 12.7. The predicted octanol–water partition coefficient (Wildman–Crippen LogP) is 3.72. The molecule has 0 bridgehead atoms. The van der Waals surface area contributed by atoms with Crippen LogP contribution in [0.15, 0.2) is 18.2 Å². The first-order valence-corrected chi connectivity index (χ1v) is 6.85. The number of rotatable bonds is 1. The number of halogens is 2. The molecule has 0 fully saturated rings. The summed E-state index contributed by atoms with van der Waals surface area (Å²) in [6, 6.07) is 4.60. The molecule has 0 saturated heterocycles. The standard InChI is InChI=1S/C15H14ClFN4/c1-7-8(2)21(13-10(16)5-4-6-11(13)17)15-12(7)14(18)19-9(3)20-15/h4-6H,1-3H3,(H2,18,19,20). The first-order chi connectivity index (χ1) is 9.91. The van der Waals surface area contributed by atoms with Crippen molar-refractivity contribution < 1.29 is 4.39 Å². The molecule has 0 saturated carbocycles. The normalized spacial score (nSPS) is 11.3. The largest absolute Gasteiger partial charge is 0.383 e. The van der Waals surface area contributed by atoms with Gasteiger partial charge in [0.2, 0.25) is 0 Å². The van der Waals surface area contributed by atoms with Crippen LogP contribution in [0.25, 0.3) is 16.7 Å². The van der Waals surface area contributed by atoms with E-state index < -0.39 is 5.82 Å². The highest BCUT2D eigenvalue weighted by Crippen LogP contribution is 2.34. The molecule has 21 heavy (non-hydrogen) atoms. The Morgan fingerprint density at radius 3 is 2.57 bits per heavy atom. The molecule has 108 valence electrons. The molecule has 0 spiro atoms. The number of nitrogens with zero attached hydrogens (tertiary/aromatic N) is 3. The fraction of sp³-hybridized carbons (Fsp3) is 0.200. The van der Waals surface area contributed by atoms with Crippen LogP contribution in [0.5, 0.6) is 0 Å². The molecule has 2 aromatic heterocycles. The second kappa shape index (κ2) is 4.70. The summed E-state index contributed by atoms with van der Waals surface area (Å²) in [5.41, 5.74) is 8.61. The van der Waals surface area contributed by atoms with E-state index in [1.165, 1.54) is 6.07 Å². The number of aryl methyl sites for hydroxylation is 2. The maximum Gasteiger partial charge on any atom is 0.151 e. The lowest BCUT2D eigenvalue weighted by Crippen LogP contribution is -2.04. The molecule has 0 unspecified atom stereocenters. The Morgan fingerprint density at radius 2 is 1.90 bits per heavy atom. The van der Waals surface area contributed by atoms with Gasteiger partial charge in [0.1, 0.15) is 23.1 Å². The number of nitrogens with two attached hydrogens (primary N) is 1. The lowest BCUT2D eigenvalue weighted by molar-refractivity contribution is 0.618. The van der Waals surface area contributed by atoms with Crippen LogP contribution >= 0.6 is 11.6 Å². The number of nitrogen functional groups attached to an aromatic ring is 1. The molecule has 0 aliphatic heterocycles. The van der Waals surface area contributed by atoms with Gasteiger partial charge in [-0.1, -0.05) is 17.7 Å². The summed E-state index contributed by atoms with van der Waals surface area (Å²) in [4.78, 5) is 8.61. The highest BCUT2D eigenvalue weighted by molar-refractivity contribution is 6.32. The molecule has 2 N–H and O–H groups in total. The molecule has 0 amide bonds. The second-order valence-corrected chi connectivity index (χ2v) is 5.38. The lowest BCUT2D eigenvalue weighted by atomic mass is 10.2. The summed E-state index contributed by atoms with van der Waals surface area (Å²) in [6.45, 7) is 5.55. The Morgan fingerprint density at radius 1 is 1.19 bits per heavy atom. The number of para-hydroxylation sites is 1. The molecular formula is C15H14ClFN4. The maximum atomic E-state index is 14.3. The molecule has 3 aromatic rings. The van der Waals surface area contributed by atoms with Crippen molar-refractivity contribution in [3.63, 3.8) is 0 Å². The van der Waals surface area contributed by atoms with Crippen molar-refractivity contribution >= 4 is 28.5 Å². The van der Waals surface area contributed by atoms with Gasteiger partial charge in [0.05, 0.1) is 10.4 Å². The Balaban J connectivity index is 2.52. The Labute approximate surface area is 126 Å². The number of hydrogen-bond acceptors (Lipinski definition) is 3. The molecule has 1 aromatic carbocycles. The monoisotopic (exact) mass is 304 g/mol. The summed E-state index contributed by atoms with van der Waals surface area (Å²) < 4.78 is 16.0. The van der Waals surface area contributed by atoms with Gasteiger partial charge in [-0.05, 0) is 38.5 Å². The van der Waals surface area contributed by atoms with E-state index >= 15 is 0 Å². The molecule has 6 heteroatoms. The number of benzene rings is 1. The quantitative estimate of drug-likeness (QED) is 0.745. The maximum absolute atomic E-state index is 14.3. The number of fused-ring (bicyclic) bond motifs is 1. The Kier molecular flexibility index (Phi) is 3.10. The highest BCUT2D eigenvalue weighted by atomic mass is 35.5. The van der Waals surface area contributed by atoms with Crippen molar-refractivity contribution in [2.45, 2.75) is 20.8 Å². The summed E-state index contributed by atoms with van der Waals surface area (Å²) in [7, 11) is 0. The number of aromatic nitrogens is 3. The highest BCUT2D eigenvalue weighted by Gasteiger charge is 2.20. The van der Waals surface area contributed by atoms with Crippen LogP contribution in [-0.4, -0.2) is 14.5 Å². The second-order valence-electron chi connectivity index (χ2n) is 4.97. The zero-order valence-electron chi connectivity index (χ0n) is 11.9. The molecule has 0 aliphatic carbocycles. The minimum Gasteiger partial charge on any atom is -0.383 e. The molecule has 4 nitrogen and oxygen atoms in total. The van der Waals surface area contributed by atoms with Crippen LogP contribution in [0.3, 0.4) is 0 Å². The van der Waals surface area contributed by atoms with Gasteiger partial charge in [-0.15, -0.1) is 0 Å². The summed E-state index contributed by atoms with van der Waals surface area (Å²) in [5.74, 6) is 0.521. The first-order valence-electron chi connectivity index (χ1n) is 6.48. The van der Waals surface area contributed by atoms with Crippen LogP contribution in [0.4, 0.5) is 10.2 Å². The first kappa shape index (κ1) is 13.8. The number of hydrogen-bond donors (Lipinski definition) is 1. The van der Waals surface area contributed by atoms with Gasteiger partial charge in [0, 0.05) is 5.69 Å². The molecule has 3 rings (SSSR count). The third-order valence-corrected chi connectivity index (χ3v) is 3.96. The topological polar surface area (TPSA) is 56.7 Å². The van der Waals surface area contributed by atoms with Crippen molar-refractivity contribution in [2.75, 3.05) is 5.73 Å². The van der Waals surface area contributed by atoms with Crippen molar-refractivity contribution in [3.05, 3.63) is 46.1 Å². The van der Waals surface area contributed by atoms with Gasteiger partial charge in [0.15, 0.2) is 5.65 Å². The molecule has 0 radical (unpaired) electrons. The zero-order chi connectivity index (χ0) is 15.3. The molecule has 2 heterocycles. The van der Waals surface area contributed by atoms with E-state index in [4.69, 9.17) is 17.3 Å². The van der Waals surface area contributed by atoms with Gasteiger partial charge < -0.3 is 5.73 Å². The van der Waals surface area contributed by atoms with Crippen LogP contribution in [0.1, 0.15) is 17.1 Å². The van der Waals surface area contributed by atoms with Gasteiger partial charge >= 0.3 is 0 Å². The van der Waals surface area contributed by atoms with E-state index in [9.17, 15) is 4.39 Å². The minimum absolute atomic E-state index is 0.285. The summed E-state index contributed by atoms with van der Waals surface area (Å²) in [5, 5.41) is 1.06. The molecule has 0 atom stereocenters. The lowest BCUT2D eigenvalue weighted by Gasteiger charge is -2.11. The Hall–Kier alpha value is -2.14. The molecular weight excluding hydrogens is 291 g/mol. The minimum atomic E-state index is -0.405. The van der Waals surface area contributed by atoms with Crippen LogP contribution in [0.2, 0.25) is 5.02 Å². The van der Waals surface area contributed by atoms with Crippen molar-refractivity contribution in [2.24, 2.45) is 0 Å². The third-order valence-electron chi connectivity index (χ3n) is 3.66. The predicted molar refractivity (Wildman–Crippen MR) is 82.5 cm³/mol. The van der Waals surface area contributed by atoms with Crippen LogP contribution in [-0.2, 0) is 0 Å². The van der Waals surface area contributed by atoms with E-state index in [-0.39, 0.29) is 5.69 Å². The van der Waals surface area contributed by atoms with E-state index in [2.05, 4.69) is 9.97 Å². The van der Waals surface area contributed by atoms with Crippen molar-refractivity contribution in [1.29, 1.82) is 0 Å².